The Morgan fingerprint density at radius 2 is 1.56 bits per heavy atom. The zero-order chi connectivity index (χ0) is 32.3. The Bertz CT molecular complexity index is 1070. The molecule has 0 aromatic rings. The summed E-state index contributed by atoms with van der Waals surface area (Å²) in [4.78, 5) is 12.7. The highest BCUT2D eigenvalue weighted by atomic mass is 16.5. The van der Waals surface area contributed by atoms with Crippen LogP contribution in [0.4, 0.5) is 0 Å². The van der Waals surface area contributed by atoms with Gasteiger partial charge in [0.25, 0.3) is 0 Å². The minimum Gasteiger partial charge on any atom is -0.462 e. The molecule has 0 aliphatic heterocycles. The summed E-state index contributed by atoms with van der Waals surface area (Å²) in [6, 6.07) is 0. The van der Waals surface area contributed by atoms with Gasteiger partial charge in [-0.05, 0) is 123 Å². The van der Waals surface area contributed by atoms with E-state index < -0.39 is 0 Å². The van der Waals surface area contributed by atoms with Gasteiger partial charge in [0.05, 0.1) is 0 Å². The molecule has 252 valence electrons. The van der Waals surface area contributed by atoms with E-state index in [2.05, 4.69) is 96.2 Å². The van der Waals surface area contributed by atoms with Gasteiger partial charge in [0.2, 0.25) is 0 Å². The predicted molar refractivity (Wildman–Crippen MR) is 193 cm³/mol. The van der Waals surface area contributed by atoms with E-state index in [9.17, 15) is 4.79 Å². The van der Waals surface area contributed by atoms with Crippen LogP contribution in [-0.2, 0) is 9.53 Å². The molecule has 0 bridgehead atoms. The molecule has 0 N–H and O–H groups in total. The molecule has 3 saturated carbocycles. The number of fused-ring (bicyclic) bond motifs is 5. The van der Waals surface area contributed by atoms with E-state index in [0.717, 1.165) is 80.5 Å². The third-order valence-electron chi connectivity index (χ3n) is 12.8. The Morgan fingerprint density at radius 1 is 0.867 bits per heavy atom. The van der Waals surface area contributed by atoms with Gasteiger partial charge in [0.15, 0.2) is 0 Å². The van der Waals surface area contributed by atoms with Crippen LogP contribution in [0.1, 0.15) is 151 Å². The lowest BCUT2D eigenvalue weighted by Gasteiger charge is -2.58. The minimum absolute atomic E-state index is 0.0201. The fourth-order valence-electron chi connectivity index (χ4n) is 10.3. The lowest BCUT2D eigenvalue weighted by Crippen LogP contribution is -2.51. The number of allylic oxidation sites excluding steroid dienone is 9. The van der Waals surface area contributed by atoms with Crippen LogP contribution in [-0.4, -0.2) is 12.1 Å². The highest BCUT2D eigenvalue weighted by molar-refractivity contribution is 5.69. The molecule has 2 nitrogen and oxygen atoms in total. The maximum atomic E-state index is 12.7. The molecule has 8 unspecified atom stereocenters. The number of carbonyl (C=O) groups excluding carboxylic acids is 1. The van der Waals surface area contributed by atoms with Crippen molar-refractivity contribution in [2.75, 3.05) is 0 Å². The van der Waals surface area contributed by atoms with Crippen molar-refractivity contribution in [3.05, 3.63) is 60.3 Å². The molecule has 0 radical (unpaired) electrons. The summed E-state index contributed by atoms with van der Waals surface area (Å²) < 4.78 is 6.06. The van der Waals surface area contributed by atoms with E-state index in [-0.39, 0.29) is 12.1 Å². The summed E-state index contributed by atoms with van der Waals surface area (Å²) in [5, 5.41) is 0. The van der Waals surface area contributed by atoms with Crippen LogP contribution in [0.2, 0.25) is 0 Å². The number of hydrogen-bond acceptors (Lipinski definition) is 2. The van der Waals surface area contributed by atoms with Crippen molar-refractivity contribution in [3.8, 4) is 0 Å². The van der Waals surface area contributed by atoms with Crippen LogP contribution < -0.4 is 0 Å². The molecule has 0 saturated heterocycles. The first kappa shape index (κ1) is 36.0. The van der Waals surface area contributed by atoms with Crippen molar-refractivity contribution in [3.63, 3.8) is 0 Å². The lowest BCUT2D eigenvalue weighted by atomic mass is 9.47. The van der Waals surface area contributed by atoms with Crippen LogP contribution in [0, 0.1) is 46.3 Å². The highest BCUT2D eigenvalue weighted by Gasteiger charge is 2.59. The molecule has 0 heterocycles. The molecule has 2 heteroatoms. The SMILES string of the molecule is CC/C=C\C/C=C\C/C=C\C/C=C\CCC(=O)OC1CCC2(C)C(=CCC3C2CCC2(C)C(C(C)CCCC(C)C)CCC32)C1. The largest absolute Gasteiger partial charge is 0.462 e. The average molecular weight is 617 g/mol. The Morgan fingerprint density at radius 3 is 2.24 bits per heavy atom. The molecule has 45 heavy (non-hydrogen) atoms. The van der Waals surface area contributed by atoms with Crippen molar-refractivity contribution >= 4 is 5.97 Å². The zero-order valence-electron chi connectivity index (χ0n) is 30.1. The molecule has 0 aromatic heterocycles. The molecule has 3 fully saturated rings. The molecule has 4 aliphatic rings. The standard InChI is InChI=1S/C43H68O2/c1-7-8-9-10-11-12-13-14-15-16-17-18-19-23-41(44)45-36-28-30-42(5)35(32-36)24-25-37-39-27-26-38(34(4)22-20-21-33(2)3)43(39,6)31-29-40(37)42/h8-9,11-12,14-15,17-18,24,33-34,36-40H,7,10,13,16,19-23,25-32H2,1-6H3/b9-8-,12-11-,15-14-,18-17-. The zero-order valence-corrected chi connectivity index (χ0v) is 30.1. The second-order valence-electron chi connectivity index (χ2n) is 16.2. The molecule has 4 aliphatic carbocycles. The van der Waals surface area contributed by atoms with Gasteiger partial charge in [-0.25, -0.2) is 0 Å². The van der Waals surface area contributed by atoms with Gasteiger partial charge in [-0.2, -0.15) is 0 Å². The second-order valence-corrected chi connectivity index (χ2v) is 16.2. The van der Waals surface area contributed by atoms with E-state index in [4.69, 9.17) is 4.74 Å². The van der Waals surface area contributed by atoms with Gasteiger partial charge < -0.3 is 4.74 Å². The topological polar surface area (TPSA) is 26.3 Å². The third-order valence-corrected chi connectivity index (χ3v) is 12.8. The van der Waals surface area contributed by atoms with Gasteiger partial charge >= 0.3 is 5.97 Å². The fraction of sp³-hybridized carbons (Fsp3) is 0.744. The Labute approximate surface area is 278 Å². The van der Waals surface area contributed by atoms with Crippen LogP contribution in [0.25, 0.3) is 0 Å². The van der Waals surface area contributed by atoms with Crippen LogP contribution in [0.5, 0.6) is 0 Å². The smallest absolute Gasteiger partial charge is 0.306 e. The maximum absolute atomic E-state index is 12.7. The number of ether oxygens (including phenoxy) is 1. The van der Waals surface area contributed by atoms with E-state index >= 15 is 0 Å². The summed E-state index contributed by atoms with van der Waals surface area (Å²) >= 11 is 0. The lowest BCUT2D eigenvalue weighted by molar-refractivity contribution is -0.151. The maximum Gasteiger partial charge on any atom is 0.306 e. The van der Waals surface area contributed by atoms with Crippen LogP contribution in [0.3, 0.4) is 0 Å². The normalized spacial score (nSPS) is 34.0. The number of carbonyl (C=O) groups is 1. The molecule has 8 atom stereocenters. The van der Waals surface area contributed by atoms with Crippen LogP contribution in [0.15, 0.2) is 60.3 Å². The summed E-state index contributed by atoms with van der Waals surface area (Å²) in [7, 11) is 0. The van der Waals surface area contributed by atoms with Crippen molar-refractivity contribution < 1.29 is 9.53 Å². The number of hydrogen-bond donors (Lipinski definition) is 0. The molecule has 0 aromatic carbocycles. The van der Waals surface area contributed by atoms with Crippen LogP contribution >= 0.6 is 0 Å². The van der Waals surface area contributed by atoms with Gasteiger partial charge in [-0.3, -0.25) is 4.79 Å². The second kappa shape index (κ2) is 17.4. The molecular weight excluding hydrogens is 548 g/mol. The third kappa shape index (κ3) is 9.38. The summed E-state index contributed by atoms with van der Waals surface area (Å²) in [6.45, 7) is 14.8. The first-order chi connectivity index (χ1) is 21.7. The number of esters is 1. The number of rotatable bonds is 16. The van der Waals surface area contributed by atoms with Crippen molar-refractivity contribution in [1.29, 1.82) is 0 Å². The first-order valence-electron chi connectivity index (χ1n) is 19.2. The predicted octanol–water partition coefficient (Wildman–Crippen LogP) is 12.5. The molecular formula is C43H68O2. The van der Waals surface area contributed by atoms with Gasteiger partial charge in [-0.1, -0.05) is 121 Å². The monoisotopic (exact) mass is 617 g/mol. The molecule has 0 spiro atoms. The van der Waals surface area contributed by atoms with Gasteiger partial charge in [-0.15, -0.1) is 0 Å². The average Bonchev–Trinajstić information content (AvgIpc) is 3.37. The Hall–Kier alpha value is -1.83. The van der Waals surface area contributed by atoms with Crippen molar-refractivity contribution in [2.24, 2.45) is 46.3 Å². The Kier molecular flexibility index (Phi) is 13.9. The molecule has 4 rings (SSSR count). The fourth-order valence-corrected chi connectivity index (χ4v) is 10.3. The van der Waals surface area contributed by atoms with Crippen molar-refractivity contribution in [1.82, 2.24) is 0 Å². The summed E-state index contributed by atoms with van der Waals surface area (Å²) in [5.41, 5.74) is 2.47. The Balaban J connectivity index is 1.20. The van der Waals surface area contributed by atoms with E-state index in [1.807, 2.05) is 0 Å². The summed E-state index contributed by atoms with van der Waals surface area (Å²) in [5.74, 6) is 5.17. The van der Waals surface area contributed by atoms with E-state index in [1.54, 1.807) is 5.57 Å². The van der Waals surface area contributed by atoms with E-state index in [0.29, 0.717) is 17.3 Å². The van der Waals surface area contributed by atoms with Crippen molar-refractivity contribution in [2.45, 2.75) is 157 Å². The summed E-state index contributed by atoms with van der Waals surface area (Å²) in [6.07, 6.45) is 40.0. The highest BCUT2D eigenvalue weighted by Crippen LogP contribution is 2.67. The van der Waals surface area contributed by atoms with E-state index in [1.165, 1.54) is 57.8 Å². The quantitative estimate of drug-likeness (QED) is 0.127. The first-order valence-corrected chi connectivity index (χ1v) is 19.2. The van der Waals surface area contributed by atoms with Gasteiger partial charge in [0, 0.05) is 12.8 Å². The minimum atomic E-state index is -0.0201. The van der Waals surface area contributed by atoms with Gasteiger partial charge in [0.1, 0.15) is 6.10 Å². The molecule has 0 amide bonds.